The molecule has 0 spiro atoms. The minimum Gasteiger partial charge on any atom is -0.481 e. The zero-order valence-corrected chi connectivity index (χ0v) is 13.0. The topological polar surface area (TPSA) is 75.6 Å². The van der Waals surface area contributed by atoms with E-state index in [-0.39, 0.29) is 17.8 Å². The van der Waals surface area contributed by atoms with Crippen LogP contribution in [0, 0.1) is 11.3 Å². The van der Waals surface area contributed by atoms with Gasteiger partial charge in [-0.3, -0.25) is 4.79 Å². The van der Waals surface area contributed by atoms with E-state index in [0.717, 1.165) is 0 Å². The molecule has 0 aromatic heterocycles. The summed E-state index contributed by atoms with van der Waals surface area (Å²) < 4.78 is 5.17. The fourth-order valence-electron chi connectivity index (χ4n) is 1.60. The van der Waals surface area contributed by atoms with E-state index in [0.29, 0.717) is 0 Å². The average molecular weight is 273 g/mol. The molecule has 0 saturated heterocycles. The Morgan fingerprint density at radius 1 is 1.16 bits per heavy atom. The molecule has 0 radical (unpaired) electrons. The molecule has 0 saturated carbocycles. The summed E-state index contributed by atoms with van der Waals surface area (Å²) in [5.41, 5.74) is -0.696. The Kier molecular flexibility index (Phi) is 5.84. The van der Waals surface area contributed by atoms with E-state index in [4.69, 9.17) is 9.84 Å². The molecule has 2 atom stereocenters. The average Bonchev–Trinajstić information content (AvgIpc) is 2.09. The van der Waals surface area contributed by atoms with Crippen LogP contribution in [0.25, 0.3) is 0 Å². The third-order valence-corrected chi connectivity index (χ3v) is 3.07. The molecular weight excluding hydrogens is 246 g/mol. The Bertz CT molecular complexity index is 325. The summed E-state index contributed by atoms with van der Waals surface area (Å²) in [5.74, 6) is -0.923. The number of ether oxygens (including phenoxy) is 1. The summed E-state index contributed by atoms with van der Waals surface area (Å²) in [4.78, 5) is 22.7. The van der Waals surface area contributed by atoms with Crippen LogP contribution in [-0.4, -0.2) is 28.8 Å². The van der Waals surface area contributed by atoms with Crippen LogP contribution in [0.15, 0.2) is 0 Å². The van der Waals surface area contributed by atoms with Crippen molar-refractivity contribution in [3.8, 4) is 0 Å². The largest absolute Gasteiger partial charge is 0.481 e. The first-order valence-corrected chi connectivity index (χ1v) is 6.54. The van der Waals surface area contributed by atoms with Crippen LogP contribution in [0.2, 0.25) is 0 Å². The fraction of sp³-hybridized carbons (Fsp3) is 0.857. The molecule has 1 amide bonds. The molecule has 0 aromatic carbocycles. The molecule has 0 heterocycles. The number of nitrogens with one attached hydrogen (secondary N) is 1. The molecule has 5 heteroatoms. The Labute approximate surface area is 115 Å². The Hall–Kier alpha value is -1.26. The first-order valence-electron chi connectivity index (χ1n) is 6.54. The van der Waals surface area contributed by atoms with Crippen molar-refractivity contribution < 1.29 is 19.4 Å². The second kappa shape index (κ2) is 6.26. The summed E-state index contributed by atoms with van der Waals surface area (Å²) in [7, 11) is 0. The van der Waals surface area contributed by atoms with Crippen molar-refractivity contribution in [2.24, 2.45) is 11.3 Å². The number of rotatable bonds is 4. The highest BCUT2D eigenvalue weighted by Gasteiger charge is 2.32. The van der Waals surface area contributed by atoms with Crippen LogP contribution in [0.1, 0.15) is 54.9 Å². The van der Waals surface area contributed by atoms with E-state index >= 15 is 0 Å². The lowest BCUT2D eigenvalue weighted by molar-refractivity contribution is -0.138. The van der Waals surface area contributed by atoms with E-state index in [9.17, 15) is 9.59 Å². The summed E-state index contributed by atoms with van der Waals surface area (Å²) in [6.45, 7) is 13.3. The van der Waals surface area contributed by atoms with Gasteiger partial charge in [-0.15, -0.1) is 0 Å². The normalized spacial score (nSPS) is 15.5. The van der Waals surface area contributed by atoms with Gasteiger partial charge in [0, 0.05) is 6.04 Å². The van der Waals surface area contributed by atoms with Gasteiger partial charge in [0.05, 0.1) is 6.42 Å². The van der Waals surface area contributed by atoms with Gasteiger partial charge in [-0.2, -0.15) is 0 Å². The fourth-order valence-corrected chi connectivity index (χ4v) is 1.60. The minimum atomic E-state index is -0.933. The van der Waals surface area contributed by atoms with Crippen molar-refractivity contribution in [2.45, 2.75) is 66.5 Å². The van der Waals surface area contributed by atoms with Crippen LogP contribution in [-0.2, 0) is 9.53 Å². The van der Waals surface area contributed by atoms with Crippen LogP contribution in [0.3, 0.4) is 0 Å². The predicted molar refractivity (Wildman–Crippen MR) is 74.0 cm³/mol. The molecule has 0 aliphatic heterocycles. The Morgan fingerprint density at radius 3 is 1.95 bits per heavy atom. The first kappa shape index (κ1) is 17.7. The van der Waals surface area contributed by atoms with Gasteiger partial charge < -0.3 is 15.2 Å². The van der Waals surface area contributed by atoms with Gasteiger partial charge >= 0.3 is 12.1 Å². The van der Waals surface area contributed by atoms with Crippen molar-refractivity contribution in [1.82, 2.24) is 5.32 Å². The SMILES string of the molecule is CC([C@H](CC(=O)O)NC(=O)OC(C)(C)C)C(C)(C)C. The lowest BCUT2D eigenvalue weighted by Gasteiger charge is -2.34. The lowest BCUT2D eigenvalue weighted by Crippen LogP contribution is -2.46. The molecule has 0 aliphatic carbocycles. The van der Waals surface area contributed by atoms with E-state index in [1.54, 1.807) is 20.8 Å². The molecule has 0 rings (SSSR count). The molecule has 0 fully saturated rings. The number of hydrogen-bond donors (Lipinski definition) is 2. The summed E-state index contributed by atoms with van der Waals surface area (Å²) in [5, 5.41) is 11.6. The smallest absolute Gasteiger partial charge is 0.407 e. The van der Waals surface area contributed by atoms with E-state index in [1.807, 2.05) is 27.7 Å². The van der Waals surface area contributed by atoms with Crippen LogP contribution >= 0.6 is 0 Å². The highest BCUT2D eigenvalue weighted by Crippen LogP contribution is 2.29. The number of alkyl carbamates (subject to hydrolysis) is 1. The zero-order chi connectivity index (χ0) is 15.4. The maximum absolute atomic E-state index is 11.8. The molecule has 0 aliphatic rings. The standard InChI is InChI=1S/C14H27NO4/c1-9(13(2,3)4)10(8-11(16)17)15-12(18)19-14(5,6)7/h9-10H,8H2,1-7H3,(H,15,18)(H,16,17)/t9?,10-/m0/s1. The van der Waals surface area contributed by atoms with Crippen molar-refractivity contribution in [2.75, 3.05) is 0 Å². The summed E-state index contributed by atoms with van der Waals surface area (Å²) in [6, 6.07) is -0.452. The number of aliphatic carboxylic acids is 1. The number of carbonyl (C=O) groups excluding carboxylic acids is 1. The summed E-state index contributed by atoms with van der Waals surface area (Å²) in [6.07, 6.45) is -0.688. The van der Waals surface area contributed by atoms with Gasteiger partial charge in [0.15, 0.2) is 0 Å². The molecule has 19 heavy (non-hydrogen) atoms. The predicted octanol–water partition coefficient (Wildman–Crippen LogP) is 3.04. The molecular formula is C14H27NO4. The minimum absolute atomic E-state index is 0.0103. The second-order valence-electron chi connectivity index (χ2n) is 7.01. The van der Waals surface area contributed by atoms with Crippen LogP contribution in [0.5, 0.6) is 0 Å². The van der Waals surface area contributed by atoms with Crippen molar-refractivity contribution in [3.63, 3.8) is 0 Å². The van der Waals surface area contributed by atoms with Crippen molar-refractivity contribution in [1.29, 1.82) is 0 Å². The number of hydrogen-bond acceptors (Lipinski definition) is 3. The van der Waals surface area contributed by atoms with Crippen LogP contribution in [0.4, 0.5) is 4.79 Å². The third-order valence-electron chi connectivity index (χ3n) is 3.07. The molecule has 0 aromatic rings. The molecule has 0 bridgehead atoms. The van der Waals surface area contributed by atoms with E-state index in [2.05, 4.69) is 5.32 Å². The molecule has 1 unspecified atom stereocenters. The molecule has 112 valence electrons. The maximum Gasteiger partial charge on any atom is 0.407 e. The first-order chi connectivity index (χ1) is 8.33. The Balaban J connectivity index is 4.79. The van der Waals surface area contributed by atoms with Gasteiger partial charge in [0.2, 0.25) is 0 Å². The monoisotopic (exact) mass is 273 g/mol. The van der Waals surface area contributed by atoms with Gasteiger partial charge in [-0.1, -0.05) is 27.7 Å². The second-order valence-corrected chi connectivity index (χ2v) is 7.01. The van der Waals surface area contributed by atoms with Gasteiger partial charge in [0.25, 0.3) is 0 Å². The van der Waals surface area contributed by atoms with Gasteiger partial charge in [-0.25, -0.2) is 4.79 Å². The highest BCUT2D eigenvalue weighted by atomic mass is 16.6. The van der Waals surface area contributed by atoms with Crippen LogP contribution < -0.4 is 5.32 Å². The summed E-state index contributed by atoms with van der Waals surface area (Å²) >= 11 is 0. The maximum atomic E-state index is 11.8. The Morgan fingerprint density at radius 2 is 1.63 bits per heavy atom. The number of carboxylic acids is 1. The third kappa shape index (κ3) is 7.70. The van der Waals surface area contributed by atoms with E-state index in [1.165, 1.54) is 0 Å². The van der Waals surface area contributed by atoms with Crippen molar-refractivity contribution >= 4 is 12.1 Å². The molecule has 2 N–H and O–H groups in total. The molecule has 5 nitrogen and oxygen atoms in total. The van der Waals surface area contributed by atoms with Gasteiger partial charge in [0.1, 0.15) is 5.60 Å². The zero-order valence-electron chi connectivity index (χ0n) is 13.0. The van der Waals surface area contributed by atoms with Gasteiger partial charge in [-0.05, 0) is 32.1 Å². The lowest BCUT2D eigenvalue weighted by atomic mass is 9.76. The number of carbonyl (C=O) groups is 2. The van der Waals surface area contributed by atoms with E-state index < -0.39 is 23.7 Å². The number of carboxylic acid groups (broad SMARTS) is 1. The highest BCUT2D eigenvalue weighted by molar-refractivity contribution is 5.71. The quantitative estimate of drug-likeness (QED) is 0.825. The van der Waals surface area contributed by atoms with Crippen molar-refractivity contribution in [3.05, 3.63) is 0 Å². The number of amides is 1.